The zero-order valence-electron chi connectivity index (χ0n) is 12.9. The summed E-state index contributed by atoms with van der Waals surface area (Å²) in [6.45, 7) is 6.67. The summed E-state index contributed by atoms with van der Waals surface area (Å²) in [5.74, 6) is 0. The molecule has 3 nitrogen and oxygen atoms in total. The SMILES string of the molecule is CC(C)N1CCC(Nc2ccc3nc(C(F)F)sc3c2)CC1. The number of nitrogens with zero attached hydrogens (tertiary/aromatic N) is 2. The molecule has 1 aromatic carbocycles. The van der Waals surface area contributed by atoms with Gasteiger partial charge in [0.2, 0.25) is 0 Å². The molecule has 0 radical (unpaired) electrons. The van der Waals surface area contributed by atoms with Crippen molar-refractivity contribution >= 4 is 27.2 Å². The molecule has 0 aliphatic carbocycles. The van der Waals surface area contributed by atoms with E-state index in [0.717, 1.165) is 47.7 Å². The highest BCUT2D eigenvalue weighted by Gasteiger charge is 2.21. The number of thiazole rings is 1. The Hall–Kier alpha value is -1.27. The van der Waals surface area contributed by atoms with Crippen LogP contribution in [-0.2, 0) is 0 Å². The Morgan fingerprint density at radius 3 is 2.64 bits per heavy atom. The van der Waals surface area contributed by atoms with E-state index in [1.807, 2.05) is 18.2 Å². The number of halogens is 2. The van der Waals surface area contributed by atoms with E-state index in [0.29, 0.717) is 17.6 Å². The third-order valence-electron chi connectivity index (χ3n) is 4.22. The standard InChI is InChI=1S/C16H21F2N3S/c1-10(2)21-7-5-11(6-8-21)19-12-3-4-13-14(9-12)22-16(20-13)15(17)18/h3-4,9-11,15,19H,5-8H2,1-2H3. The van der Waals surface area contributed by atoms with Gasteiger partial charge in [-0.3, -0.25) is 0 Å². The molecule has 0 spiro atoms. The van der Waals surface area contributed by atoms with Crippen LogP contribution in [0.25, 0.3) is 10.2 Å². The first-order valence-corrected chi connectivity index (χ1v) is 8.54. The Balaban J connectivity index is 1.67. The van der Waals surface area contributed by atoms with Gasteiger partial charge in [-0.2, -0.15) is 0 Å². The van der Waals surface area contributed by atoms with Gasteiger partial charge in [-0.05, 0) is 44.9 Å². The Labute approximate surface area is 133 Å². The summed E-state index contributed by atoms with van der Waals surface area (Å²) >= 11 is 1.08. The van der Waals surface area contributed by atoms with Gasteiger partial charge in [-0.25, -0.2) is 13.8 Å². The second kappa shape index (κ2) is 6.46. The minimum Gasteiger partial charge on any atom is -0.382 e. The largest absolute Gasteiger partial charge is 0.382 e. The van der Waals surface area contributed by atoms with Crippen LogP contribution in [-0.4, -0.2) is 35.1 Å². The molecule has 1 aromatic heterocycles. The first-order valence-electron chi connectivity index (χ1n) is 7.72. The van der Waals surface area contributed by atoms with Crippen molar-refractivity contribution in [3.05, 3.63) is 23.2 Å². The summed E-state index contributed by atoms with van der Waals surface area (Å²) in [6, 6.07) is 6.75. The summed E-state index contributed by atoms with van der Waals surface area (Å²) in [4.78, 5) is 6.45. The van der Waals surface area contributed by atoms with Crippen LogP contribution in [0.15, 0.2) is 18.2 Å². The molecule has 0 atom stereocenters. The van der Waals surface area contributed by atoms with Crippen molar-refractivity contribution in [3.63, 3.8) is 0 Å². The molecule has 3 rings (SSSR count). The van der Waals surface area contributed by atoms with Crippen molar-refractivity contribution in [1.29, 1.82) is 0 Å². The van der Waals surface area contributed by atoms with E-state index in [4.69, 9.17) is 0 Å². The highest BCUT2D eigenvalue weighted by Crippen LogP contribution is 2.31. The van der Waals surface area contributed by atoms with Crippen LogP contribution in [0, 0.1) is 0 Å². The van der Waals surface area contributed by atoms with Crippen molar-refractivity contribution in [1.82, 2.24) is 9.88 Å². The van der Waals surface area contributed by atoms with Crippen LogP contribution in [0.3, 0.4) is 0 Å². The van der Waals surface area contributed by atoms with Gasteiger partial charge in [0.25, 0.3) is 6.43 Å². The number of hydrogen-bond donors (Lipinski definition) is 1. The predicted molar refractivity (Wildman–Crippen MR) is 87.9 cm³/mol. The number of rotatable bonds is 4. The van der Waals surface area contributed by atoms with Gasteiger partial charge in [-0.1, -0.05) is 0 Å². The molecule has 1 fully saturated rings. The van der Waals surface area contributed by atoms with Crippen molar-refractivity contribution in [2.24, 2.45) is 0 Å². The minimum atomic E-state index is -2.49. The van der Waals surface area contributed by atoms with E-state index >= 15 is 0 Å². The van der Waals surface area contributed by atoms with Gasteiger partial charge in [0.05, 0.1) is 10.2 Å². The maximum absolute atomic E-state index is 12.7. The molecule has 2 aromatic rings. The Morgan fingerprint density at radius 2 is 2.00 bits per heavy atom. The zero-order chi connectivity index (χ0) is 15.7. The monoisotopic (exact) mass is 325 g/mol. The molecule has 22 heavy (non-hydrogen) atoms. The van der Waals surface area contributed by atoms with Crippen LogP contribution < -0.4 is 5.32 Å². The van der Waals surface area contributed by atoms with Gasteiger partial charge in [0.1, 0.15) is 0 Å². The fourth-order valence-electron chi connectivity index (χ4n) is 2.92. The average molecular weight is 325 g/mol. The maximum Gasteiger partial charge on any atom is 0.289 e. The lowest BCUT2D eigenvalue weighted by Crippen LogP contribution is -2.42. The number of hydrogen-bond acceptors (Lipinski definition) is 4. The number of piperidine rings is 1. The molecule has 120 valence electrons. The van der Waals surface area contributed by atoms with Crippen LogP contribution in [0.5, 0.6) is 0 Å². The fourth-order valence-corrected chi connectivity index (χ4v) is 3.78. The molecule has 2 heterocycles. The second-order valence-corrected chi connectivity index (χ2v) is 7.15. The van der Waals surface area contributed by atoms with Crippen LogP contribution in [0.4, 0.5) is 14.5 Å². The Morgan fingerprint density at radius 1 is 1.27 bits per heavy atom. The van der Waals surface area contributed by atoms with Crippen molar-refractivity contribution < 1.29 is 8.78 Å². The lowest BCUT2D eigenvalue weighted by molar-refractivity contribution is 0.151. The number of anilines is 1. The first kappa shape index (κ1) is 15.6. The molecule has 0 saturated carbocycles. The van der Waals surface area contributed by atoms with Gasteiger partial charge >= 0.3 is 0 Å². The number of benzene rings is 1. The van der Waals surface area contributed by atoms with E-state index in [2.05, 4.69) is 29.0 Å². The molecule has 0 unspecified atom stereocenters. The third-order valence-corrected chi connectivity index (χ3v) is 5.25. The second-order valence-electron chi connectivity index (χ2n) is 6.08. The van der Waals surface area contributed by atoms with Crippen molar-refractivity contribution in [2.75, 3.05) is 18.4 Å². The summed E-state index contributed by atoms with van der Waals surface area (Å²) in [5.41, 5.74) is 1.65. The molecule has 1 saturated heterocycles. The van der Waals surface area contributed by atoms with Crippen LogP contribution >= 0.6 is 11.3 Å². The lowest BCUT2D eigenvalue weighted by atomic mass is 10.0. The number of alkyl halides is 2. The summed E-state index contributed by atoms with van der Waals surface area (Å²) in [6.07, 6.45) is -0.267. The molecular weight excluding hydrogens is 304 g/mol. The number of likely N-dealkylation sites (tertiary alicyclic amines) is 1. The summed E-state index contributed by atoms with van der Waals surface area (Å²) in [7, 11) is 0. The molecule has 1 aliphatic rings. The molecular formula is C16H21F2N3S. The van der Waals surface area contributed by atoms with E-state index in [-0.39, 0.29) is 5.01 Å². The fraction of sp³-hybridized carbons (Fsp3) is 0.562. The molecule has 1 N–H and O–H groups in total. The minimum absolute atomic E-state index is 0.0996. The van der Waals surface area contributed by atoms with Crippen molar-refractivity contribution in [2.45, 2.75) is 45.2 Å². The summed E-state index contributed by atoms with van der Waals surface area (Å²) < 4.78 is 26.2. The molecule has 0 amide bonds. The molecule has 6 heteroatoms. The quantitative estimate of drug-likeness (QED) is 0.896. The Bertz CT molecular complexity index is 633. The topological polar surface area (TPSA) is 28.2 Å². The van der Waals surface area contributed by atoms with E-state index in [1.54, 1.807) is 0 Å². The predicted octanol–water partition coefficient (Wildman–Crippen LogP) is 4.52. The first-order chi connectivity index (χ1) is 10.5. The maximum atomic E-state index is 12.7. The molecule has 0 bridgehead atoms. The lowest BCUT2D eigenvalue weighted by Gasteiger charge is -2.35. The molecule has 1 aliphatic heterocycles. The number of fused-ring (bicyclic) bond motifs is 1. The van der Waals surface area contributed by atoms with E-state index < -0.39 is 6.43 Å². The highest BCUT2D eigenvalue weighted by molar-refractivity contribution is 7.18. The van der Waals surface area contributed by atoms with E-state index in [1.165, 1.54) is 0 Å². The Kier molecular flexibility index (Phi) is 4.59. The van der Waals surface area contributed by atoms with Gasteiger partial charge in [0, 0.05) is 30.9 Å². The van der Waals surface area contributed by atoms with Crippen LogP contribution in [0.2, 0.25) is 0 Å². The number of aromatic nitrogens is 1. The normalized spacial score (nSPS) is 17.7. The number of nitrogens with one attached hydrogen (secondary N) is 1. The third kappa shape index (κ3) is 3.38. The zero-order valence-corrected chi connectivity index (χ0v) is 13.7. The smallest absolute Gasteiger partial charge is 0.289 e. The average Bonchev–Trinajstić information content (AvgIpc) is 2.91. The highest BCUT2D eigenvalue weighted by atomic mass is 32.1. The van der Waals surface area contributed by atoms with Crippen LogP contribution in [0.1, 0.15) is 38.1 Å². The summed E-state index contributed by atoms with van der Waals surface area (Å²) in [5, 5.41) is 3.44. The van der Waals surface area contributed by atoms with Gasteiger partial charge in [0.15, 0.2) is 5.01 Å². The van der Waals surface area contributed by atoms with Gasteiger partial charge in [-0.15, -0.1) is 11.3 Å². The van der Waals surface area contributed by atoms with E-state index in [9.17, 15) is 8.78 Å². The van der Waals surface area contributed by atoms with Crippen molar-refractivity contribution in [3.8, 4) is 0 Å². The van der Waals surface area contributed by atoms with Gasteiger partial charge < -0.3 is 10.2 Å².